The Morgan fingerprint density at radius 2 is 1.51 bits per heavy atom. The number of unbranched alkanes of at least 4 members (excludes halogenated alkanes) is 10. The van der Waals surface area contributed by atoms with Crippen LogP contribution in [0.25, 0.3) is 0 Å². The van der Waals surface area contributed by atoms with E-state index in [2.05, 4.69) is 45.1 Å². The van der Waals surface area contributed by atoms with Crippen LogP contribution in [0.15, 0.2) is 48.6 Å². The first kappa shape index (κ1) is 41.9. The Kier molecular flexibility index (Phi) is 19.8. The van der Waals surface area contributed by atoms with Crippen LogP contribution >= 0.6 is 11.8 Å². The van der Waals surface area contributed by atoms with Gasteiger partial charge in [0.05, 0.1) is 17.5 Å². The average Bonchev–Trinajstić information content (AvgIpc) is 3.43. The summed E-state index contributed by atoms with van der Waals surface area (Å²) in [5, 5.41) is 23.5. The Morgan fingerprint density at radius 3 is 2.18 bits per heavy atom. The fourth-order valence-corrected chi connectivity index (χ4v) is 9.80. The van der Waals surface area contributed by atoms with Crippen LogP contribution in [0.3, 0.4) is 0 Å². The number of thioether (sulfide) groups is 1. The van der Waals surface area contributed by atoms with Crippen molar-refractivity contribution in [2.24, 2.45) is 29.1 Å². The summed E-state index contributed by atoms with van der Waals surface area (Å²) in [6, 6.07) is 0. The highest BCUT2D eigenvalue weighted by atomic mass is 32.2. The third kappa shape index (κ3) is 13.5. The van der Waals surface area contributed by atoms with Gasteiger partial charge in [-0.25, -0.2) is 0 Å². The molecule has 0 aliphatic heterocycles. The number of hydrogen-bond donors (Lipinski definition) is 2. The van der Waals surface area contributed by atoms with Gasteiger partial charge >= 0.3 is 0 Å². The quantitative estimate of drug-likeness (QED) is 0.0691. The summed E-state index contributed by atoms with van der Waals surface area (Å²) in [5.74, 6) is 1.09. The second kappa shape index (κ2) is 23.2. The van der Waals surface area contributed by atoms with Crippen LogP contribution in [-0.2, 0) is 14.3 Å². The number of carbonyl (C=O) groups is 2. The van der Waals surface area contributed by atoms with Crippen molar-refractivity contribution in [3.63, 3.8) is 0 Å². The van der Waals surface area contributed by atoms with Crippen LogP contribution in [0.2, 0.25) is 0 Å². The highest BCUT2D eigenvalue weighted by Crippen LogP contribution is 2.59. The molecule has 0 aromatic carbocycles. The molecule has 0 spiro atoms. The van der Waals surface area contributed by atoms with E-state index in [9.17, 15) is 19.8 Å². The van der Waals surface area contributed by atoms with Gasteiger partial charge in [-0.2, -0.15) is 11.8 Å². The second-order valence-electron chi connectivity index (χ2n) is 15.3. The Balaban J connectivity index is 1.21. The van der Waals surface area contributed by atoms with E-state index in [1.54, 1.807) is 23.9 Å². The van der Waals surface area contributed by atoms with Crippen LogP contribution in [0, 0.1) is 29.1 Å². The van der Waals surface area contributed by atoms with E-state index in [0.29, 0.717) is 12.2 Å². The predicted molar refractivity (Wildman–Crippen MR) is 207 cm³/mol. The van der Waals surface area contributed by atoms with E-state index in [-0.39, 0.29) is 35.7 Å². The van der Waals surface area contributed by atoms with Crippen molar-refractivity contribution >= 4 is 23.3 Å². The molecule has 0 amide bonds. The molecule has 0 aromatic rings. The lowest BCUT2D eigenvalue weighted by Crippen LogP contribution is -2.58. The fraction of sp³-hybridized carbons (Fsp3) is 0.767. The zero-order valence-electron chi connectivity index (χ0n) is 31.3. The van der Waals surface area contributed by atoms with Gasteiger partial charge in [0.1, 0.15) is 5.78 Å². The number of ketones is 2. The predicted octanol–water partition coefficient (Wildman–Crippen LogP) is 10.2. The number of fused-ring (bicyclic) bond motifs is 1. The number of aliphatic hydroxyl groups is 2. The van der Waals surface area contributed by atoms with Gasteiger partial charge in [-0.3, -0.25) is 9.59 Å². The minimum Gasteiger partial charge on any atom is -0.393 e. The molecule has 278 valence electrons. The summed E-state index contributed by atoms with van der Waals surface area (Å²) in [7, 11) is 0. The van der Waals surface area contributed by atoms with Crippen LogP contribution in [0.5, 0.6) is 0 Å². The number of carbonyl (C=O) groups excluding carboxylic acids is 2. The van der Waals surface area contributed by atoms with Crippen molar-refractivity contribution in [3.05, 3.63) is 48.6 Å². The Labute approximate surface area is 303 Å². The van der Waals surface area contributed by atoms with E-state index in [0.717, 1.165) is 63.9 Å². The number of aliphatic hydroxyl groups excluding tert-OH is 1. The molecule has 6 atom stereocenters. The molecule has 3 aliphatic rings. The van der Waals surface area contributed by atoms with Gasteiger partial charge in [0.15, 0.2) is 5.78 Å². The van der Waals surface area contributed by atoms with Gasteiger partial charge in [-0.05, 0) is 100 Å². The normalized spacial score (nSPS) is 27.9. The molecule has 2 fully saturated rings. The molecule has 5 unspecified atom stereocenters. The van der Waals surface area contributed by atoms with Crippen LogP contribution < -0.4 is 0 Å². The van der Waals surface area contributed by atoms with Crippen LogP contribution in [0.4, 0.5) is 0 Å². The van der Waals surface area contributed by atoms with Crippen molar-refractivity contribution in [2.45, 2.75) is 154 Å². The smallest absolute Gasteiger partial charge is 0.178 e. The third-order valence-corrected chi connectivity index (χ3v) is 12.5. The molecule has 0 saturated heterocycles. The molecule has 2 saturated carbocycles. The van der Waals surface area contributed by atoms with Gasteiger partial charge in [-0.1, -0.05) is 102 Å². The summed E-state index contributed by atoms with van der Waals surface area (Å²) < 4.78 is 5.87. The fourth-order valence-electron chi connectivity index (χ4n) is 8.84. The van der Waals surface area contributed by atoms with E-state index in [1.165, 1.54) is 64.2 Å². The zero-order valence-corrected chi connectivity index (χ0v) is 32.1. The van der Waals surface area contributed by atoms with Crippen molar-refractivity contribution in [2.75, 3.05) is 24.7 Å². The van der Waals surface area contributed by atoms with Gasteiger partial charge in [-0.15, -0.1) is 0 Å². The Hall–Kier alpha value is -1.47. The highest BCUT2D eigenvalue weighted by molar-refractivity contribution is 7.99. The highest BCUT2D eigenvalue weighted by Gasteiger charge is 2.61. The summed E-state index contributed by atoms with van der Waals surface area (Å²) in [4.78, 5) is 25.3. The first-order valence-electron chi connectivity index (χ1n) is 20.1. The van der Waals surface area contributed by atoms with Crippen LogP contribution in [0.1, 0.15) is 143 Å². The van der Waals surface area contributed by atoms with Crippen molar-refractivity contribution in [1.82, 2.24) is 0 Å². The van der Waals surface area contributed by atoms with Crippen molar-refractivity contribution < 1.29 is 24.5 Å². The lowest BCUT2D eigenvalue weighted by atomic mass is 9.54. The zero-order chi connectivity index (χ0) is 35.4. The molecule has 0 aromatic heterocycles. The van der Waals surface area contributed by atoms with Crippen molar-refractivity contribution in [3.8, 4) is 0 Å². The standard InChI is InChI=1S/C43H70O5S/c1-4-6-7-8-9-10-11-12-13-14-15-16-17-18-19-20-30-48-31-21-22-32-49-34-40(46)38-25-24-37-36(23-5-2)41(39(45)33-43(37,38)47)42(3)28-26-35(44)27-29-42/h9-10,12-13,26-29,36-39,41,45,47H,4-8,11,14-25,30-34H2,1-3H3/b10-9-,13-12-/t36?,37-,38?,39?,41?,43?/m0/s1. The summed E-state index contributed by atoms with van der Waals surface area (Å²) in [5.41, 5.74) is -1.57. The van der Waals surface area contributed by atoms with Gasteiger partial charge in [0.25, 0.3) is 0 Å². The van der Waals surface area contributed by atoms with Crippen molar-refractivity contribution in [1.29, 1.82) is 0 Å². The van der Waals surface area contributed by atoms with E-state index in [4.69, 9.17) is 4.74 Å². The Bertz CT molecular complexity index is 1060. The third-order valence-electron chi connectivity index (χ3n) is 11.4. The van der Waals surface area contributed by atoms with E-state index in [1.807, 2.05) is 12.2 Å². The molecule has 6 heteroatoms. The van der Waals surface area contributed by atoms with E-state index < -0.39 is 23.0 Å². The minimum absolute atomic E-state index is 0.00181. The number of rotatable bonds is 26. The SMILES string of the molecule is CCCCC/C=C\C/C=C\CCCCCCCCOCCCCSCC(=O)C1CC[C@H]2C(CCC)C(C3(C)C=CC(=O)C=C3)C(O)CC12O. The minimum atomic E-state index is -1.14. The first-order chi connectivity index (χ1) is 23.8. The molecule has 0 radical (unpaired) electrons. The molecule has 5 nitrogen and oxygen atoms in total. The second-order valence-corrected chi connectivity index (χ2v) is 16.4. The Morgan fingerprint density at radius 1 is 0.878 bits per heavy atom. The van der Waals surface area contributed by atoms with Gasteiger partial charge in [0.2, 0.25) is 0 Å². The molecule has 49 heavy (non-hydrogen) atoms. The number of allylic oxidation sites excluding steroid dienone is 8. The maximum Gasteiger partial charge on any atom is 0.178 e. The van der Waals surface area contributed by atoms with Gasteiger partial charge < -0.3 is 14.9 Å². The van der Waals surface area contributed by atoms with E-state index >= 15 is 0 Å². The molecular formula is C43H70O5S. The molecule has 0 heterocycles. The topological polar surface area (TPSA) is 83.8 Å². The molecular weight excluding hydrogens is 629 g/mol. The summed E-state index contributed by atoms with van der Waals surface area (Å²) in [6.07, 6.45) is 36.4. The summed E-state index contributed by atoms with van der Waals surface area (Å²) in [6.45, 7) is 8.12. The number of hydrogen-bond acceptors (Lipinski definition) is 6. The lowest BCUT2D eigenvalue weighted by Gasteiger charge is -2.54. The first-order valence-corrected chi connectivity index (χ1v) is 21.2. The monoisotopic (exact) mass is 698 g/mol. The molecule has 0 bridgehead atoms. The maximum atomic E-state index is 13.4. The number of ether oxygens (including phenoxy) is 1. The number of Topliss-reactive ketones (excluding diaryl/α,β-unsaturated/α-hetero) is 1. The van der Waals surface area contributed by atoms with Gasteiger partial charge in [0, 0.05) is 36.9 Å². The average molecular weight is 699 g/mol. The van der Waals surface area contributed by atoms with Crippen LogP contribution in [-0.4, -0.2) is 58.2 Å². The maximum absolute atomic E-state index is 13.4. The molecule has 3 aliphatic carbocycles. The lowest BCUT2D eigenvalue weighted by molar-refractivity contribution is -0.166. The molecule has 3 rings (SSSR count). The largest absolute Gasteiger partial charge is 0.393 e. The summed E-state index contributed by atoms with van der Waals surface area (Å²) >= 11 is 1.68. The molecule has 2 N–H and O–H groups in total.